The van der Waals surface area contributed by atoms with Gasteiger partial charge in [-0.05, 0) is 26.0 Å². The smallest absolute Gasteiger partial charge is 0.127 e. The largest absolute Gasteiger partial charge is 0.313 e. The van der Waals surface area contributed by atoms with Crippen LogP contribution in [0.2, 0.25) is 0 Å². The normalized spacial score (nSPS) is 12.4. The third-order valence-electron chi connectivity index (χ3n) is 2.29. The Morgan fingerprint density at radius 3 is 2.79 bits per heavy atom. The van der Waals surface area contributed by atoms with Crippen LogP contribution < -0.4 is 5.32 Å². The molecule has 76 valence electrons. The fourth-order valence-corrected chi connectivity index (χ4v) is 1.50. The number of hydrogen-bond acceptors (Lipinski definition) is 1. The molecule has 1 atom stereocenters. The van der Waals surface area contributed by atoms with Gasteiger partial charge in [0.2, 0.25) is 0 Å². The molecule has 2 heteroatoms. The molecule has 14 heavy (non-hydrogen) atoms. The molecule has 1 nitrogen and oxygen atoms in total. The van der Waals surface area contributed by atoms with Gasteiger partial charge in [-0.2, -0.15) is 0 Å². The monoisotopic (exact) mass is 193 g/mol. The molecule has 0 aliphatic carbocycles. The zero-order valence-electron chi connectivity index (χ0n) is 8.46. The fraction of sp³-hybridized carbons (Fsp3) is 0.333. The molecular weight excluding hydrogens is 177 g/mol. The molecule has 0 heterocycles. The molecule has 0 fully saturated rings. The molecule has 1 unspecified atom stereocenters. The van der Waals surface area contributed by atoms with Crippen LogP contribution in [-0.4, -0.2) is 7.05 Å². The van der Waals surface area contributed by atoms with Crippen molar-refractivity contribution in [3.63, 3.8) is 0 Å². The second-order valence-electron chi connectivity index (χ2n) is 3.23. The Labute approximate surface area is 84.6 Å². The summed E-state index contributed by atoms with van der Waals surface area (Å²) in [4.78, 5) is 0. The minimum Gasteiger partial charge on any atom is -0.313 e. The van der Waals surface area contributed by atoms with Gasteiger partial charge in [0.15, 0.2) is 0 Å². The predicted molar refractivity (Wildman–Crippen MR) is 57.6 cm³/mol. The maximum atomic E-state index is 13.4. The fourth-order valence-electron chi connectivity index (χ4n) is 1.50. The highest BCUT2D eigenvalue weighted by atomic mass is 19.1. The van der Waals surface area contributed by atoms with Crippen molar-refractivity contribution >= 4 is 0 Å². The van der Waals surface area contributed by atoms with E-state index in [9.17, 15) is 4.39 Å². The van der Waals surface area contributed by atoms with E-state index < -0.39 is 0 Å². The lowest BCUT2D eigenvalue weighted by molar-refractivity contribution is 0.512. The van der Waals surface area contributed by atoms with Crippen LogP contribution >= 0.6 is 0 Å². The van der Waals surface area contributed by atoms with Crippen molar-refractivity contribution in [3.05, 3.63) is 48.3 Å². The molecule has 0 aliphatic heterocycles. The van der Waals surface area contributed by atoms with Crippen molar-refractivity contribution in [1.29, 1.82) is 0 Å². The Morgan fingerprint density at radius 2 is 2.21 bits per heavy atom. The average molecular weight is 193 g/mol. The lowest BCUT2D eigenvalue weighted by atomic mass is 10.0. The molecule has 1 rings (SSSR count). The summed E-state index contributed by atoms with van der Waals surface area (Å²) in [6, 6.07) is 6.96. The highest BCUT2D eigenvalue weighted by molar-refractivity contribution is 5.21. The van der Waals surface area contributed by atoms with Crippen LogP contribution in [0.3, 0.4) is 0 Å². The Morgan fingerprint density at radius 1 is 1.50 bits per heavy atom. The molecule has 1 N–H and O–H groups in total. The van der Waals surface area contributed by atoms with E-state index in [1.54, 1.807) is 6.07 Å². The van der Waals surface area contributed by atoms with Crippen molar-refractivity contribution in [2.45, 2.75) is 18.9 Å². The summed E-state index contributed by atoms with van der Waals surface area (Å²) in [6.45, 7) is 3.66. The van der Waals surface area contributed by atoms with Gasteiger partial charge in [0.1, 0.15) is 5.82 Å². The van der Waals surface area contributed by atoms with E-state index in [1.807, 2.05) is 25.3 Å². The van der Waals surface area contributed by atoms with Crippen molar-refractivity contribution in [3.8, 4) is 0 Å². The summed E-state index contributed by atoms with van der Waals surface area (Å²) in [6.07, 6.45) is 3.62. The van der Waals surface area contributed by atoms with E-state index in [0.29, 0.717) is 0 Å². The maximum absolute atomic E-state index is 13.4. The van der Waals surface area contributed by atoms with Crippen molar-refractivity contribution < 1.29 is 4.39 Å². The first-order valence-electron chi connectivity index (χ1n) is 4.82. The Kier molecular flexibility index (Phi) is 4.33. The van der Waals surface area contributed by atoms with Crippen LogP contribution in [0.5, 0.6) is 0 Å². The maximum Gasteiger partial charge on any atom is 0.127 e. The lowest BCUT2D eigenvalue weighted by Crippen LogP contribution is -2.17. The SMILES string of the molecule is C=CCCC(NC)c1ccccc1F. The summed E-state index contributed by atoms with van der Waals surface area (Å²) in [5.74, 6) is -0.143. The molecule has 1 aromatic rings. The number of nitrogens with one attached hydrogen (secondary N) is 1. The van der Waals surface area contributed by atoms with E-state index in [-0.39, 0.29) is 11.9 Å². The van der Waals surface area contributed by atoms with E-state index in [0.717, 1.165) is 18.4 Å². The number of halogens is 1. The molecule has 0 saturated heterocycles. The van der Waals surface area contributed by atoms with Gasteiger partial charge in [-0.25, -0.2) is 4.39 Å². The highest BCUT2D eigenvalue weighted by Crippen LogP contribution is 2.20. The Balaban J connectivity index is 2.78. The predicted octanol–water partition coefficient (Wildman–Crippen LogP) is 3.05. The van der Waals surface area contributed by atoms with Gasteiger partial charge in [0.25, 0.3) is 0 Å². The summed E-state index contributed by atoms with van der Waals surface area (Å²) in [5.41, 5.74) is 0.733. The molecule has 0 spiro atoms. The minimum absolute atomic E-state index is 0.0780. The van der Waals surface area contributed by atoms with E-state index in [1.165, 1.54) is 6.07 Å². The third kappa shape index (κ3) is 2.67. The molecule has 0 saturated carbocycles. The Hall–Kier alpha value is -1.15. The highest BCUT2D eigenvalue weighted by Gasteiger charge is 2.11. The quantitative estimate of drug-likeness (QED) is 0.709. The lowest BCUT2D eigenvalue weighted by Gasteiger charge is -2.16. The molecular formula is C12H16FN. The van der Waals surface area contributed by atoms with Crippen LogP contribution in [0, 0.1) is 5.82 Å². The van der Waals surface area contributed by atoms with Crippen LogP contribution in [0.4, 0.5) is 4.39 Å². The summed E-state index contributed by atoms with van der Waals surface area (Å²) < 4.78 is 13.4. The van der Waals surface area contributed by atoms with Crippen molar-refractivity contribution in [2.24, 2.45) is 0 Å². The van der Waals surface area contributed by atoms with Gasteiger partial charge in [-0.15, -0.1) is 6.58 Å². The van der Waals surface area contributed by atoms with Crippen molar-refractivity contribution in [1.82, 2.24) is 5.32 Å². The Bertz CT molecular complexity index is 296. The van der Waals surface area contributed by atoms with Gasteiger partial charge in [-0.3, -0.25) is 0 Å². The van der Waals surface area contributed by atoms with E-state index in [4.69, 9.17) is 0 Å². The topological polar surface area (TPSA) is 12.0 Å². The molecule has 0 aliphatic rings. The van der Waals surface area contributed by atoms with Gasteiger partial charge in [0.05, 0.1) is 0 Å². The third-order valence-corrected chi connectivity index (χ3v) is 2.29. The van der Waals surface area contributed by atoms with Crippen LogP contribution in [0.1, 0.15) is 24.4 Å². The molecule has 0 bridgehead atoms. The minimum atomic E-state index is -0.143. The van der Waals surface area contributed by atoms with Gasteiger partial charge < -0.3 is 5.32 Å². The molecule has 1 aromatic carbocycles. The number of rotatable bonds is 5. The van der Waals surface area contributed by atoms with Crippen molar-refractivity contribution in [2.75, 3.05) is 7.05 Å². The van der Waals surface area contributed by atoms with E-state index in [2.05, 4.69) is 11.9 Å². The summed E-state index contributed by atoms with van der Waals surface area (Å²) in [7, 11) is 1.85. The van der Waals surface area contributed by atoms with Gasteiger partial charge in [-0.1, -0.05) is 24.3 Å². The average Bonchev–Trinajstić information content (AvgIpc) is 2.21. The van der Waals surface area contributed by atoms with Crippen LogP contribution in [0.25, 0.3) is 0 Å². The van der Waals surface area contributed by atoms with Gasteiger partial charge >= 0.3 is 0 Å². The number of hydrogen-bond donors (Lipinski definition) is 1. The first kappa shape index (κ1) is 10.9. The zero-order chi connectivity index (χ0) is 10.4. The standard InChI is InChI=1S/C12H16FN/c1-3-4-9-12(14-2)10-7-5-6-8-11(10)13/h3,5-8,12,14H,1,4,9H2,2H3. The first-order valence-corrected chi connectivity index (χ1v) is 4.82. The van der Waals surface area contributed by atoms with Gasteiger partial charge in [0, 0.05) is 11.6 Å². The zero-order valence-corrected chi connectivity index (χ0v) is 8.46. The van der Waals surface area contributed by atoms with Crippen LogP contribution in [-0.2, 0) is 0 Å². The molecule has 0 radical (unpaired) electrons. The van der Waals surface area contributed by atoms with E-state index >= 15 is 0 Å². The number of allylic oxidation sites excluding steroid dienone is 1. The molecule has 0 aromatic heterocycles. The van der Waals surface area contributed by atoms with Crippen LogP contribution in [0.15, 0.2) is 36.9 Å². The second-order valence-corrected chi connectivity index (χ2v) is 3.23. The summed E-state index contributed by atoms with van der Waals surface area (Å²) in [5, 5.41) is 3.11. The first-order chi connectivity index (χ1) is 6.79. The second kappa shape index (κ2) is 5.55. The summed E-state index contributed by atoms with van der Waals surface area (Å²) >= 11 is 0. The molecule has 0 amide bonds. The number of benzene rings is 1.